The molecule has 138 valence electrons. The van der Waals surface area contributed by atoms with Gasteiger partial charge in [-0.25, -0.2) is 9.79 Å². The molecular weight excluding hydrogens is 457 g/mol. The molecule has 2 aromatic rings. The Bertz CT molecular complexity index is 945. The van der Waals surface area contributed by atoms with Crippen LogP contribution in [0.15, 0.2) is 65.3 Å². The third kappa shape index (κ3) is 4.77. The molecule has 0 aromatic heterocycles. The Morgan fingerprint density at radius 2 is 1.96 bits per heavy atom. The predicted octanol–water partition coefficient (Wildman–Crippen LogP) is 4.60. The van der Waals surface area contributed by atoms with Gasteiger partial charge in [0.25, 0.3) is 0 Å². The molecule has 6 heteroatoms. The summed E-state index contributed by atoms with van der Waals surface area (Å²) in [6, 6.07) is 13.0. The molecular formula is C21H18INO4. The van der Waals surface area contributed by atoms with E-state index in [1.165, 1.54) is 0 Å². The van der Waals surface area contributed by atoms with E-state index >= 15 is 0 Å². The number of hydrogen-bond donors (Lipinski definition) is 0. The number of esters is 1. The van der Waals surface area contributed by atoms with Crippen molar-refractivity contribution in [2.45, 2.75) is 6.92 Å². The number of benzene rings is 2. The topological polar surface area (TPSA) is 57.1 Å². The van der Waals surface area contributed by atoms with Gasteiger partial charge in [0.2, 0.25) is 5.90 Å². The SMILES string of the molecule is C=C(C)COc1cc(/C=C2/N=C(c3ccc(I)cc3)OC2=O)ccc1OC. The highest BCUT2D eigenvalue weighted by Gasteiger charge is 2.24. The minimum atomic E-state index is -0.483. The number of carbonyl (C=O) groups excluding carboxylic acids is 1. The number of ether oxygens (including phenoxy) is 3. The summed E-state index contributed by atoms with van der Waals surface area (Å²) in [6.45, 7) is 6.09. The maximum atomic E-state index is 12.2. The molecule has 0 amide bonds. The van der Waals surface area contributed by atoms with Crippen molar-refractivity contribution in [2.24, 2.45) is 4.99 Å². The van der Waals surface area contributed by atoms with Crippen LogP contribution in [0.25, 0.3) is 6.08 Å². The summed E-state index contributed by atoms with van der Waals surface area (Å²) in [4.78, 5) is 16.5. The van der Waals surface area contributed by atoms with Crippen LogP contribution in [-0.2, 0) is 9.53 Å². The number of rotatable bonds is 6. The molecule has 27 heavy (non-hydrogen) atoms. The molecule has 0 saturated heterocycles. The van der Waals surface area contributed by atoms with Crippen LogP contribution in [0.4, 0.5) is 0 Å². The van der Waals surface area contributed by atoms with Gasteiger partial charge in [0.1, 0.15) is 6.61 Å². The summed E-state index contributed by atoms with van der Waals surface area (Å²) in [5, 5.41) is 0. The van der Waals surface area contributed by atoms with Gasteiger partial charge in [-0.05, 0) is 83.1 Å². The molecule has 0 atom stereocenters. The summed E-state index contributed by atoms with van der Waals surface area (Å²) < 4.78 is 17.4. The molecule has 3 rings (SSSR count). The average molecular weight is 475 g/mol. The second-order valence-corrected chi connectivity index (χ2v) is 7.24. The molecule has 0 radical (unpaired) electrons. The lowest BCUT2D eigenvalue weighted by molar-refractivity contribution is -0.129. The van der Waals surface area contributed by atoms with Crippen molar-refractivity contribution in [3.05, 3.63) is 75.0 Å². The zero-order valence-corrected chi connectivity index (χ0v) is 17.1. The van der Waals surface area contributed by atoms with Gasteiger partial charge in [0, 0.05) is 9.13 Å². The van der Waals surface area contributed by atoms with Gasteiger partial charge in [-0.2, -0.15) is 0 Å². The molecule has 0 fully saturated rings. The third-order valence-corrected chi connectivity index (χ3v) is 4.40. The molecule has 2 aromatic carbocycles. The molecule has 0 spiro atoms. The first kappa shape index (κ1) is 19.2. The first-order chi connectivity index (χ1) is 13.0. The maximum absolute atomic E-state index is 12.2. The standard InChI is InChI=1S/C21H18INO4/c1-13(2)12-26-19-11-14(4-9-18(19)25-3)10-17-21(24)27-20(23-17)15-5-7-16(22)8-6-15/h4-11H,1,12H2,2-3H3/b17-10+. The van der Waals surface area contributed by atoms with Crippen LogP contribution in [0.2, 0.25) is 0 Å². The van der Waals surface area contributed by atoms with Crippen LogP contribution in [-0.4, -0.2) is 25.6 Å². The molecule has 0 aliphatic carbocycles. The summed E-state index contributed by atoms with van der Waals surface area (Å²) in [5.41, 5.74) is 2.64. The molecule has 1 heterocycles. The normalized spacial score (nSPS) is 14.7. The van der Waals surface area contributed by atoms with Crippen molar-refractivity contribution in [3.63, 3.8) is 0 Å². The number of hydrogen-bond acceptors (Lipinski definition) is 5. The Hall–Kier alpha value is -2.61. The van der Waals surface area contributed by atoms with E-state index in [9.17, 15) is 4.79 Å². The van der Waals surface area contributed by atoms with E-state index in [0.717, 1.165) is 20.3 Å². The number of cyclic esters (lactones) is 1. The van der Waals surface area contributed by atoms with E-state index in [-0.39, 0.29) is 5.70 Å². The largest absolute Gasteiger partial charge is 0.493 e. The molecule has 0 saturated carbocycles. The minimum Gasteiger partial charge on any atom is -0.493 e. The predicted molar refractivity (Wildman–Crippen MR) is 113 cm³/mol. The van der Waals surface area contributed by atoms with E-state index in [2.05, 4.69) is 34.2 Å². The quantitative estimate of drug-likeness (QED) is 0.265. The van der Waals surface area contributed by atoms with Gasteiger partial charge in [0.15, 0.2) is 17.2 Å². The van der Waals surface area contributed by atoms with Gasteiger partial charge < -0.3 is 14.2 Å². The lowest BCUT2D eigenvalue weighted by atomic mass is 10.1. The second kappa shape index (κ2) is 8.39. The van der Waals surface area contributed by atoms with Gasteiger partial charge in [0.05, 0.1) is 7.11 Å². The lowest BCUT2D eigenvalue weighted by Crippen LogP contribution is -2.05. The van der Waals surface area contributed by atoms with Crippen molar-refractivity contribution in [1.82, 2.24) is 0 Å². The molecule has 0 N–H and O–H groups in total. The zero-order valence-electron chi connectivity index (χ0n) is 15.0. The molecule has 1 aliphatic rings. The number of carbonyl (C=O) groups is 1. The summed E-state index contributed by atoms with van der Waals surface area (Å²) in [5.74, 6) is 0.997. The first-order valence-corrected chi connectivity index (χ1v) is 9.28. The van der Waals surface area contributed by atoms with E-state index in [1.807, 2.05) is 37.3 Å². The van der Waals surface area contributed by atoms with E-state index in [1.54, 1.807) is 25.3 Å². The number of nitrogens with zero attached hydrogens (tertiary/aromatic N) is 1. The fraction of sp³-hybridized carbons (Fsp3) is 0.143. The van der Waals surface area contributed by atoms with Crippen molar-refractivity contribution in [2.75, 3.05) is 13.7 Å². The van der Waals surface area contributed by atoms with Crippen LogP contribution in [0.1, 0.15) is 18.1 Å². The maximum Gasteiger partial charge on any atom is 0.363 e. The Balaban J connectivity index is 1.88. The lowest BCUT2D eigenvalue weighted by Gasteiger charge is -2.11. The smallest absolute Gasteiger partial charge is 0.363 e. The Labute approximate surface area is 171 Å². The van der Waals surface area contributed by atoms with E-state index in [4.69, 9.17) is 14.2 Å². The van der Waals surface area contributed by atoms with Gasteiger partial charge in [-0.1, -0.05) is 12.6 Å². The zero-order chi connectivity index (χ0) is 19.4. The monoisotopic (exact) mass is 475 g/mol. The number of methoxy groups -OCH3 is 1. The Kier molecular flexibility index (Phi) is 5.95. The van der Waals surface area contributed by atoms with Crippen LogP contribution in [0, 0.1) is 3.57 Å². The van der Waals surface area contributed by atoms with Gasteiger partial charge in [-0.15, -0.1) is 0 Å². The van der Waals surface area contributed by atoms with Gasteiger partial charge in [-0.3, -0.25) is 0 Å². The summed E-state index contributed by atoms with van der Waals surface area (Å²) >= 11 is 2.22. The second-order valence-electron chi connectivity index (χ2n) is 6.00. The highest BCUT2D eigenvalue weighted by atomic mass is 127. The van der Waals surface area contributed by atoms with Crippen LogP contribution in [0.3, 0.4) is 0 Å². The minimum absolute atomic E-state index is 0.236. The number of halogens is 1. The van der Waals surface area contributed by atoms with Crippen LogP contribution in [0.5, 0.6) is 11.5 Å². The molecule has 0 unspecified atom stereocenters. The van der Waals surface area contributed by atoms with Gasteiger partial charge >= 0.3 is 5.97 Å². The fourth-order valence-electron chi connectivity index (χ4n) is 2.38. The molecule has 1 aliphatic heterocycles. The average Bonchev–Trinajstić information content (AvgIpc) is 3.01. The van der Waals surface area contributed by atoms with Crippen molar-refractivity contribution < 1.29 is 19.0 Å². The first-order valence-electron chi connectivity index (χ1n) is 8.20. The number of aliphatic imine (C=N–C) groups is 1. The van der Waals surface area contributed by atoms with Crippen LogP contribution >= 0.6 is 22.6 Å². The Morgan fingerprint density at radius 1 is 1.22 bits per heavy atom. The van der Waals surface area contributed by atoms with E-state index < -0.39 is 5.97 Å². The highest BCUT2D eigenvalue weighted by Crippen LogP contribution is 2.30. The highest BCUT2D eigenvalue weighted by molar-refractivity contribution is 14.1. The molecule has 0 bridgehead atoms. The molecule has 5 nitrogen and oxygen atoms in total. The van der Waals surface area contributed by atoms with Crippen molar-refractivity contribution in [1.29, 1.82) is 0 Å². The van der Waals surface area contributed by atoms with Crippen LogP contribution < -0.4 is 9.47 Å². The third-order valence-electron chi connectivity index (χ3n) is 3.68. The summed E-state index contributed by atoms with van der Waals surface area (Å²) in [7, 11) is 1.58. The van der Waals surface area contributed by atoms with E-state index in [0.29, 0.717) is 24.0 Å². The van der Waals surface area contributed by atoms with Crippen molar-refractivity contribution in [3.8, 4) is 11.5 Å². The Morgan fingerprint density at radius 3 is 2.63 bits per heavy atom. The fourth-order valence-corrected chi connectivity index (χ4v) is 2.74. The summed E-state index contributed by atoms with van der Waals surface area (Å²) in [6.07, 6.45) is 1.66. The van der Waals surface area contributed by atoms with Crippen molar-refractivity contribution >= 4 is 40.5 Å².